The molecule has 0 amide bonds. The molecule has 21 heavy (non-hydrogen) atoms. The molecule has 0 saturated carbocycles. The van der Waals surface area contributed by atoms with Gasteiger partial charge >= 0.3 is 0 Å². The van der Waals surface area contributed by atoms with Crippen molar-refractivity contribution >= 4 is 17.0 Å². The molecular formula is C16H26N4O. The van der Waals surface area contributed by atoms with E-state index in [9.17, 15) is 0 Å². The van der Waals surface area contributed by atoms with Crippen molar-refractivity contribution in [3.63, 3.8) is 0 Å². The molecule has 2 N–H and O–H groups in total. The second-order valence-corrected chi connectivity index (χ2v) is 5.87. The lowest BCUT2D eigenvalue weighted by Crippen LogP contribution is -2.39. The second kappa shape index (κ2) is 6.35. The maximum atomic E-state index is 6.09. The van der Waals surface area contributed by atoms with Crippen LogP contribution in [0.5, 0.6) is 5.75 Å². The molecule has 0 aliphatic carbocycles. The molecule has 0 radical (unpaired) electrons. The fourth-order valence-corrected chi connectivity index (χ4v) is 2.87. The topological polar surface area (TPSA) is 56.3 Å². The van der Waals surface area contributed by atoms with Crippen molar-refractivity contribution in [2.45, 2.75) is 46.3 Å². The molecule has 1 aromatic heterocycles. The van der Waals surface area contributed by atoms with Gasteiger partial charge in [-0.15, -0.1) is 0 Å². The van der Waals surface area contributed by atoms with E-state index in [2.05, 4.69) is 42.1 Å². The Morgan fingerprint density at radius 3 is 2.48 bits per heavy atom. The summed E-state index contributed by atoms with van der Waals surface area (Å²) in [7, 11) is 1.66. The molecule has 0 spiro atoms. The van der Waals surface area contributed by atoms with Gasteiger partial charge in [-0.3, -0.25) is 4.90 Å². The van der Waals surface area contributed by atoms with Crippen LogP contribution in [0.15, 0.2) is 18.2 Å². The van der Waals surface area contributed by atoms with Crippen LogP contribution in [0.3, 0.4) is 0 Å². The van der Waals surface area contributed by atoms with Crippen LogP contribution in [-0.4, -0.2) is 40.2 Å². The Labute approximate surface area is 126 Å². The average molecular weight is 290 g/mol. The van der Waals surface area contributed by atoms with Crippen LogP contribution in [0.2, 0.25) is 0 Å². The summed E-state index contributed by atoms with van der Waals surface area (Å²) in [5.41, 5.74) is 7.95. The standard InChI is InChI=1S/C16H26N4O/c1-11(2)19(12(3)4)9-10-20-13-7-6-8-14(21-5)15(13)18-16(20)17/h6-8,11-12H,9-10H2,1-5H3,(H2,17,18). The Kier molecular flexibility index (Phi) is 4.73. The molecule has 5 heteroatoms. The highest BCUT2D eigenvalue weighted by Gasteiger charge is 2.16. The largest absolute Gasteiger partial charge is 0.494 e. The highest BCUT2D eigenvalue weighted by atomic mass is 16.5. The number of hydrogen-bond donors (Lipinski definition) is 1. The summed E-state index contributed by atoms with van der Waals surface area (Å²) in [6.45, 7) is 10.7. The van der Waals surface area contributed by atoms with Crippen molar-refractivity contribution in [3.8, 4) is 5.75 Å². The number of imidazole rings is 1. The van der Waals surface area contributed by atoms with Gasteiger partial charge in [0.1, 0.15) is 11.3 Å². The molecule has 116 valence electrons. The Morgan fingerprint density at radius 1 is 1.24 bits per heavy atom. The lowest BCUT2D eigenvalue weighted by molar-refractivity contribution is 0.169. The van der Waals surface area contributed by atoms with Gasteiger partial charge < -0.3 is 15.0 Å². The number of nitrogen functional groups attached to an aromatic ring is 1. The number of benzene rings is 1. The van der Waals surface area contributed by atoms with Crippen molar-refractivity contribution in [1.82, 2.24) is 14.5 Å². The van der Waals surface area contributed by atoms with Gasteiger partial charge in [0.25, 0.3) is 0 Å². The van der Waals surface area contributed by atoms with Crippen molar-refractivity contribution in [2.75, 3.05) is 19.4 Å². The molecule has 0 aliphatic heterocycles. The lowest BCUT2D eigenvalue weighted by atomic mass is 10.2. The number of aromatic nitrogens is 2. The number of rotatable bonds is 6. The smallest absolute Gasteiger partial charge is 0.201 e. The van der Waals surface area contributed by atoms with Gasteiger partial charge in [-0.05, 0) is 39.8 Å². The summed E-state index contributed by atoms with van der Waals surface area (Å²) in [6, 6.07) is 6.94. The molecule has 0 atom stereocenters. The highest BCUT2D eigenvalue weighted by Crippen LogP contribution is 2.26. The molecule has 1 heterocycles. The molecule has 0 aliphatic rings. The van der Waals surface area contributed by atoms with Crippen LogP contribution < -0.4 is 10.5 Å². The van der Waals surface area contributed by atoms with Crippen LogP contribution >= 0.6 is 0 Å². The predicted octanol–water partition coefficient (Wildman–Crippen LogP) is 2.75. The average Bonchev–Trinajstić information content (AvgIpc) is 2.74. The van der Waals surface area contributed by atoms with Gasteiger partial charge in [-0.25, -0.2) is 4.98 Å². The van der Waals surface area contributed by atoms with Gasteiger partial charge in [-0.2, -0.15) is 0 Å². The summed E-state index contributed by atoms with van der Waals surface area (Å²) in [4.78, 5) is 6.90. The molecule has 5 nitrogen and oxygen atoms in total. The van der Waals surface area contributed by atoms with E-state index in [0.717, 1.165) is 29.9 Å². The van der Waals surface area contributed by atoms with Crippen molar-refractivity contribution in [2.24, 2.45) is 0 Å². The van der Waals surface area contributed by atoms with Crippen LogP contribution in [0.4, 0.5) is 5.95 Å². The first-order chi connectivity index (χ1) is 9.95. The predicted molar refractivity (Wildman–Crippen MR) is 87.7 cm³/mol. The number of para-hydroxylation sites is 1. The number of anilines is 1. The molecule has 0 saturated heterocycles. The summed E-state index contributed by atoms with van der Waals surface area (Å²) in [6.07, 6.45) is 0. The monoisotopic (exact) mass is 290 g/mol. The normalized spacial score (nSPS) is 12.0. The quantitative estimate of drug-likeness (QED) is 0.889. The summed E-state index contributed by atoms with van der Waals surface area (Å²) >= 11 is 0. The third-order valence-electron chi connectivity index (χ3n) is 3.90. The van der Waals surface area contributed by atoms with Gasteiger partial charge in [0.15, 0.2) is 0 Å². The van der Waals surface area contributed by atoms with E-state index in [4.69, 9.17) is 10.5 Å². The fraction of sp³-hybridized carbons (Fsp3) is 0.562. The second-order valence-electron chi connectivity index (χ2n) is 5.87. The van der Waals surface area contributed by atoms with Crippen LogP contribution in [0.25, 0.3) is 11.0 Å². The Morgan fingerprint density at radius 2 is 1.90 bits per heavy atom. The first kappa shape index (κ1) is 15.6. The van der Waals surface area contributed by atoms with E-state index in [0.29, 0.717) is 18.0 Å². The first-order valence-corrected chi connectivity index (χ1v) is 7.50. The van der Waals surface area contributed by atoms with Crippen LogP contribution in [-0.2, 0) is 6.54 Å². The fourth-order valence-electron chi connectivity index (χ4n) is 2.87. The number of nitrogens with two attached hydrogens (primary N) is 1. The van der Waals surface area contributed by atoms with E-state index < -0.39 is 0 Å². The first-order valence-electron chi connectivity index (χ1n) is 7.50. The molecule has 0 fully saturated rings. The van der Waals surface area contributed by atoms with Crippen LogP contribution in [0, 0.1) is 0 Å². The SMILES string of the molecule is COc1cccc2c1nc(N)n2CCN(C(C)C)C(C)C. The molecule has 2 rings (SSSR count). The molecule has 0 unspecified atom stereocenters. The third-order valence-corrected chi connectivity index (χ3v) is 3.90. The maximum absolute atomic E-state index is 6.09. The van der Waals surface area contributed by atoms with E-state index in [-0.39, 0.29) is 0 Å². The van der Waals surface area contributed by atoms with Gasteiger partial charge in [0.2, 0.25) is 5.95 Å². The molecule has 0 bridgehead atoms. The third kappa shape index (κ3) is 3.13. The Hall–Kier alpha value is -1.75. The number of fused-ring (bicyclic) bond motifs is 1. The number of ether oxygens (including phenoxy) is 1. The van der Waals surface area contributed by atoms with E-state index in [1.807, 2.05) is 18.2 Å². The van der Waals surface area contributed by atoms with E-state index >= 15 is 0 Å². The van der Waals surface area contributed by atoms with Gasteiger partial charge in [-0.1, -0.05) is 6.07 Å². The van der Waals surface area contributed by atoms with E-state index in [1.54, 1.807) is 7.11 Å². The summed E-state index contributed by atoms with van der Waals surface area (Å²) in [5, 5.41) is 0. The molecule has 1 aromatic carbocycles. The van der Waals surface area contributed by atoms with Crippen molar-refractivity contribution in [3.05, 3.63) is 18.2 Å². The lowest BCUT2D eigenvalue weighted by Gasteiger charge is -2.30. The maximum Gasteiger partial charge on any atom is 0.201 e. The van der Waals surface area contributed by atoms with Gasteiger partial charge in [0, 0.05) is 25.2 Å². The zero-order valence-electron chi connectivity index (χ0n) is 13.6. The minimum absolute atomic E-state index is 0.510. The van der Waals surface area contributed by atoms with Crippen LogP contribution in [0.1, 0.15) is 27.7 Å². The molecular weight excluding hydrogens is 264 g/mol. The number of hydrogen-bond acceptors (Lipinski definition) is 4. The summed E-state index contributed by atoms with van der Waals surface area (Å²) in [5.74, 6) is 1.31. The summed E-state index contributed by atoms with van der Waals surface area (Å²) < 4.78 is 7.42. The highest BCUT2D eigenvalue weighted by molar-refractivity contribution is 5.84. The Bertz CT molecular complexity index is 596. The minimum atomic E-state index is 0.510. The minimum Gasteiger partial charge on any atom is -0.494 e. The molecule has 2 aromatic rings. The zero-order chi connectivity index (χ0) is 15.6. The van der Waals surface area contributed by atoms with E-state index in [1.165, 1.54) is 0 Å². The zero-order valence-corrected chi connectivity index (χ0v) is 13.6. The Balaban J connectivity index is 2.28. The number of methoxy groups -OCH3 is 1. The van der Waals surface area contributed by atoms with Crippen molar-refractivity contribution in [1.29, 1.82) is 0 Å². The van der Waals surface area contributed by atoms with Gasteiger partial charge in [0.05, 0.1) is 12.6 Å². The number of nitrogens with zero attached hydrogens (tertiary/aromatic N) is 3. The van der Waals surface area contributed by atoms with Crippen molar-refractivity contribution < 1.29 is 4.74 Å².